The van der Waals surface area contributed by atoms with Crippen molar-refractivity contribution in [2.24, 2.45) is 5.92 Å². The monoisotopic (exact) mass is 349 g/mol. The highest BCUT2D eigenvalue weighted by Crippen LogP contribution is 2.29. The minimum absolute atomic E-state index is 0.0883. The van der Waals surface area contributed by atoms with Crippen LogP contribution in [0.4, 0.5) is 0 Å². The Morgan fingerprint density at radius 3 is 2.83 bits per heavy atom. The highest BCUT2D eigenvalue weighted by molar-refractivity contribution is 6.30. The van der Waals surface area contributed by atoms with Gasteiger partial charge >= 0.3 is 0 Å². The molecule has 1 aliphatic carbocycles. The number of hydrogen-bond acceptors (Lipinski definition) is 3. The van der Waals surface area contributed by atoms with Crippen LogP contribution in [0.5, 0.6) is 0 Å². The third kappa shape index (κ3) is 3.72. The Morgan fingerprint density at radius 1 is 1.38 bits per heavy atom. The zero-order valence-electron chi connectivity index (χ0n) is 14.1. The Hall–Kier alpha value is -1.62. The van der Waals surface area contributed by atoms with Crippen LogP contribution in [0.2, 0.25) is 5.15 Å². The molecule has 24 heavy (non-hydrogen) atoms. The van der Waals surface area contributed by atoms with Crippen LogP contribution in [0.15, 0.2) is 18.3 Å². The lowest BCUT2D eigenvalue weighted by atomic mass is 9.94. The fraction of sp³-hybridized carbons (Fsp3) is 0.611. The topological polar surface area (TPSA) is 53.5 Å². The molecule has 2 amide bonds. The fourth-order valence-corrected chi connectivity index (χ4v) is 4.00. The predicted molar refractivity (Wildman–Crippen MR) is 92.4 cm³/mol. The number of halogens is 1. The lowest BCUT2D eigenvalue weighted by Crippen LogP contribution is -2.49. The van der Waals surface area contributed by atoms with Crippen molar-refractivity contribution in [2.45, 2.75) is 51.1 Å². The molecule has 2 heterocycles. The molecule has 1 aliphatic heterocycles. The Morgan fingerprint density at radius 2 is 2.12 bits per heavy atom. The van der Waals surface area contributed by atoms with Crippen LogP contribution in [0, 0.1) is 5.92 Å². The average molecular weight is 350 g/mol. The van der Waals surface area contributed by atoms with E-state index in [0.717, 1.165) is 18.4 Å². The summed E-state index contributed by atoms with van der Waals surface area (Å²) in [6.07, 6.45) is 7.29. The second-order valence-electron chi connectivity index (χ2n) is 6.87. The summed E-state index contributed by atoms with van der Waals surface area (Å²) in [5.74, 6) is 0.193. The van der Waals surface area contributed by atoms with Gasteiger partial charge in [0, 0.05) is 44.4 Å². The van der Waals surface area contributed by atoms with Crippen LogP contribution in [0.1, 0.15) is 44.1 Å². The van der Waals surface area contributed by atoms with E-state index >= 15 is 0 Å². The molecule has 0 aromatic carbocycles. The van der Waals surface area contributed by atoms with E-state index in [2.05, 4.69) is 4.98 Å². The number of hydrogen-bond donors (Lipinski definition) is 0. The largest absolute Gasteiger partial charge is 0.341 e. The molecular formula is C18H24ClN3O2. The molecule has 0 spiro atoms. The number of pyridine rings is 1. The number of aromatic nitrogens is 1. The SMILES string of the molecule is CN(Cc1cccnc1Cl)C(=O)[C@H]1CCC(=O)N(C2CCCC2)C1. The van der Waals surface area contributed by atoms with Crippen molar-refractivity contribution in [2.75, 3.05) is 13.6 Å². The minimum atomic E-state index is -0.108. The van der Waals surface area contributed by atoms with E-state index < -0.39 is 0 Å². The second-order valence-corrected chi connectivity index (χ2v) is 7.23. The van der Waals surface area contributed by atoms with Gasteiger partial charge in [0.05, 0.1) is 5.92 Å². The molecule has 1 aromatic rings. The number of likely N-dealkylation sites (tertiary alicyclic amines) is 1. The van der Waals surface area contributed by atoms with Crippen molar-refractivity contribution in [3.05, 3.63) is 29.0 Å². The van der Waals surface area contributed by atoms with Gasteiger partial charge in [-0.15, -0.1) is 0 Å². The van der Waals surface area contributed by atoms with Crippen molar-refractivity contribution in [1.29, 1.82) is 0 Å². The summed E-state index contributed by atoms with van der Waals surface area (Å²) in [6.45, 7) is 1.01. The molecule has 0 N–H and O–H groups in total. The molecule has 0 radical (unpaired) electrons. The third-order valence-electron chi connectivity index (χ3n) is 5.18. The van der Waals surface area contributed by atoms with E-state index in [0.29, 0.717) is 37.1 Å². The number of piperidine rings is 1. The van der Waals surface area contributed by atoms with Crippen LogP contribution >= 0.6 is 11.6 Å². The molecule has 2 fully saturated rings. The van der Waals surface area contributed by atoms with Crippen molar-refractivity contribution in [3.8, 4) is 0 Å². The summed E-state index contributed by atoms with van der Waals surface area (Å²) in [4.78, 5) is 32.8. The van der Waals surface area contributed by atoms with E-state index in [9.17, 15) is 9.59 Å². The zero-order chi connectivity index (χ0) is 17.1. The molecule has 2 aliphatic rings. The van der Waals surface area contributed by atoms with Gasteiger partial charge in [0.25, 0.3) is 0 Å². The van der Waals surface area contributed by atoms with E-state index in [-0.39, 0.29) is 17.7 Å². The first kappa shape index (κ1) is 17.2. The zero-order valence-corrected chi connectivity index (χ0v) is 14.8. The fourth-order valence-electron chi connectivity index (χ4n) is 3.82. The Bertz CT molecular complexity index is 616. The molecule has 0 unspecified atom stereocenters. The van der Waals surface area contributed by atoms with Gasteiger partial charge < -0.3 is 9.80 Å². The van der Waals surface area contributed by atoms with Crippen molar-refractivity contribution >= 4 is 23.4 Å². The Balaban J connectivity index is 1.63. The highest BCUT2D eigenvalue weighted by Gasteiger charge is 2.36. The smallest absolute Gasteiger partial charge is 0.227 e. The maximum Gasteiger partial charge on any atom is 0.227 e. The van der Waals surface area contributed by atoms with Crippen molar-refractivity contribution in [1.82, 2.24) is 14.8 Å². The maximum atomic E-state index is 12.8. The normalized spacial score (nSPS) is 22.0. The summed E-state index contributed by atoms with van der Waals surface area (Å²) < 4.78 is 0. The third-order valence-corrected chi connectivity index (χ3v) is 5.52. The van der Waals surface area contributed by atoms with Gasteiger partial charge in [-0.25, -0.2) is 4.98 Å². The lowest BCUT2D eigenvalue weighted by Gasteiger charge is -2.37. The van der Waals surface area contributed by atoms with Gasteiger partial charge in [-0.1, -0.05) is 30.5 Å². The first-order valence-corrected chi connectivity index (χ1v) is 9.08. The van der Waals surface area contributed by atoms with E-state index in [1.807, 2.05) is 17.0 Å². The standard InChI is InChI=1S/C18H24ClN3O2/c1-21(11-13-5-4-10-20-17(13)19)18(24)14-8-9-16(23)22(12-14)15-6-2-3-7-15/h4-5,10,14-15H,2-3,6-9,11-12H2,1H3/t14-/m0/s1. The van der Waals surface area contributed by atoms with Gasteiger partial charge in [-0.3, -0.25) is 9.59 Å². The molecule has 3 rings (SSSR count). The van der Waals surface area contributed by atoms with Crippen LogP contribution in [0.3, 0.4) is 0 Å². The number of nitrogens with zero attached hydrogens (tertiary/aromatic N) is 3. The average Bonchev–Trinajstić information content (AvgIpc) is 3.11. The Labute approximate surface area is 148 Å². The molecule has 5 nitrogen and oxygen atoms in total. The maximum absolute atomic E-state index is 12.8. The minimum Gasteiger partial charge on any atom is -0.341 e. The van der Waals surface area contributed by atoms with Crippen molar-refractivity contribution in [3.63, 3.8) is 0 Å². The quantitative estimate of drug-likeness (QED) is 0.785. The van der Waals surface area contributed by atoms with Crippen molar-refractivity contribution < 1.29 is 9.59 Å². The molecule has 1 aromatic heterocycles. The number of amides is 2. The van der Waals surface area contributed by atoms with Crippen LogP contribution < -0.4 is 0 Å². The first-order valence-electron chi connectivity index (χ1n) is 8.70. The van der Waals surface area contributed by atoms with Gasteiger partial charge in [0.2, 0.25) is 11.8 Å². The summed E-state index contributed by atoms with van der Waals surface area (Å²) in [7, 11) is 1.79. The van der Waals surface area contributed by atoms with Crippen LogP contribution in [-0.4, -0.2) is 46.2 Å². The van der Waals surface area contributed by atoms with Crippen LogP contribution in [-0.2, 0) is 16.1 Å². The summed E-state index contributed by atoms with van der Waals surface area (Å²) in [5.41, 5.74) is 0.842. The lowest BCUT2D eigenvalue weighted by molar-refractivity contribution is -0.144. The predicted octanol–water partition coefficient (Wildman–Crippen LogP) is 2.87. The summed E-state index contributed by atoms with van der Waals surface area (Å²) >= 11 is 6.09. The highest BCUT2D eigenvalue weighted by atomic mass is 35.5. The van der Waals surface area contributed by atoms with Crippen LogP contribution in [0.25, 0.3) is 0 Å². The first-order chi connectivity index (χ1) is 11.6. The molecular weight excluding hydrogens is 326 g/mol. The summed E-state index contributed by atoms with van der Waals surface area (Å²) in [5, 5.41) is 0.434. The van der Waals surface area contributed by atoms with E-state index in [1.165, 1.54) is 12.8 Å². The van der Waals surface area contributed by atoms with E-state index in [4.69, 9.17) is 11.6 Å². The summed E-state index contributed by atoms with van der Waals surface area (Å²) in [6, 6.07) is 4.04. The molecule has 0 bridgehead atoms. The van der Waals surface area contributed by atoms with Gasteiger partial charge in [0.1, 0.15) is 5.15 Å². The number of carbonyl (C=O) groups excluding carboxylic acids is 2. The Kier molecular flexibility index (Phi) is 5.39. The molecule has 1 saturated carbocycles. The molecule has 1 atom stereocenters. The second kappa shape index (κ2) is 7.51. The van der Waals surface area contributed by atoms with Gasteiger partial charge in [-0.2, -0.15) is 0 Å². The molecule has 1 saturated heterocycles. The number of rotatable bonds is 4. The van der Waals surface area contributed by atoms with Gasteiger partial charge in [-0.05, 0) is 25.3 Å². The molecule has 6 heteroatoms. The van der Waals surface area contributed by atoms with E-state index in [1.54, 1.807) is 18.1 Å². The number of carbonyl (C=O) groups is 2. The van der Waals surface area contributed by atoms with Gasteiger partial charge in [0.15, 0.2) is 0 Å². The molecule has 130 valence electrons.